The van der Waals surface area contributed by atoms with Gasteiger partial charge in [-0.05, 0) is 30.9 Å². The molecule has 8 heteroatoms. The Labute approximate surface area is 164 Å². The van der Waals surface area contributed by atoms with Crippen molar-refractivity contribution in [1.82, 2.24) is 19.8 Å². The Morgan fingerprint density at radius 2 is 1.96 bits per heavy atom. The summed E-state index contributed by atoms with van der Waals surface area (Å²) >= 11 is 0. The van der Waals surface area contributed by atoms with E-state index in [0.717, 1.165) is 19.4 Å². The summed E-state index contributed by atoms with van der Waals surface area (Å²) in [6.07, 6.45) is 7.00. The summed E-state index contributed by atoms with van der Waals surface area (Å²) in [5, 5.41) is 2.97. The van der Waals surface area contributed by atoms with E-state index < -0.39 is 0 Å². The molecule has 1 aliphatic heterocycles. The van der Waals surface area contributed by atoms with Crippen molar-refractivity contribution in [2.75, 3.05) is 33.9 Å². The fourth-order valence-corrected chi connectivity index (χ4v) is 3.37. The molecule has 0 bridgehead atoms. The van der Waals surface area contributed by atoms with Crippen LogP contribution in [0.4, 0.5) is 0 Å². The number of amides is 2. The topological polar surface area (TPSA) is 85.7 Å². The van der Waals surface area contributed by atoms with Gasteiger partial charge >= 0.3 is 0 Å². The number of hydrogen-bond donors (Lipinski definition) is 1. The molecule has 1 aliphatic rings. The Kier molecular flexibility index (Phi) is 6.52. The lowest BCUT2D eigenvalue weighted by Crippen LogP contribution is -2.44. The number of aromatic nitrogens is 2. The van der Waals surface area contributed by atoms with E-state index in [1.807, 2.05) is 4.90 Å². The third-order valence-electron chi connectivity index (χ3n) is 4.91. The highest BCUT2D eigenvalue weighted by atomic mass is 16.5. The van der Waals surface area contributed by atoms with E-state index in [2.05, 4.69) is 10.3 Å². The molecule has 1 fully saturated rings. The molecular formula is C20H26N4O4. The molecule has 2 heterocycles. The number of piperidine rings is 1. The quantitative estimate of drug-likeness (QED) is 0.781. The molecule has 2 amide bonds. The van der Waals surface area contributed by atoms with Crippen LogP contribution in [0.5, 0.6) is 11.5 Å². The number of nitrogens with one attached hydrogen (secondary N) is 1. The minimum absolute atomic E-state index is 0.0755. The van der Waals surface area contributed by atoms with Crippen molar-refractivity contribution in [3.8, 4) is 11.5 Å². The number of hydrogen-bond acceptors (Lipinski definition) is 5. The minimum atomic E-state index is -0.181. The van der Waals surface area contributed by atoms with E-state index >= 15 is 0 Å². The molecule has 3 rings (SSSR count). The molecule has 0 saturated carbocycles. The van der Waals surface area contributed by atoms with Gasteiger partial charge in [0.25, 0.3) is 5.91 Å². The van der Waals surface area contributed by atoms with Crippen molar-refractivity contribution in [2.24, 2.45) is 5.92 Å². The second-order valence-electron chi connectivity index (χ2n) is 6.89. The standard InChI is InChI=1S/C20H26N4O4/c1-27-17-8-16(9-18(10-17)28-2)20(26)22-11-15-4-3-6-24(12-15)19(25)13-23-7-5-21-14-23/h5,7-10,14-15H,3-4,6,11-13H2,1-2H3,(H,22,26)/t15-/m0/s1. The van der Waals surface area contributed by atoms with Crippen molar-refractivity contribution in [3.05, 3.63) is 42.5 Å². The zero-order chi connectivity index (χ0) is 19.9. The third-order valence-corrected chi connectivity index (χ3v) is 4.91. The van der Waals surface area contributed by atoms with E-state index in [1.54, 1.807) is 55.7 Å². The third kappa shape index (κ3) is 5.03. The first-order valence-electron chi connectivity index (χ1n) is 9.34. The highest BCUT2D eigenvalue weighted by Crippen LogP contribution is 2.23. The SMILES string of the molecule is COc1cc(OC)cc(C(=O)NC[C@@H]2CCCN(C(=O)Cn3ccnc3)C2)c1. The van der Waals surface area contributed by atoms with Gasteiger partial charge < -0.3 is 24.3 Å². The molecule has 150 valence electrons. The fourth-order valence-electron chi connectivity index (χ4n) is 3.37. The van der Waals surface area contributed by atoms with Gasteiger partial charge in [0.1, 0.15) is 18.0 Å². The highest BCUT2D eigenvalue weighted by Gasteiger charge is 2.24. The van der Waals surface area contributed by atoms with Gasteiger partial charge in [0, 0.05) is 43.7 Å². The van der Waals surface area contributed by atoms with Crippen molar-refractivity contribution >= 4 is 11.8 Å². The number of ether oxygens (including phenoxy) is 2. The lowest BCUT2D eigenvalue weighted by atomic mass is 9.97. The first-order chi connectivity index (χ1) is 13.6. The van der Waals surface area contributed by atoms with Crippen LogP contribution in [0, 0.1) is 5.92 Å². The first-order valence-corrected chi connectivity index (χ1v) is 9.34. The maximum atomic E-state index is 12.5. The zero-order valence-electron chi connectivity index (χ0n) is 16.3. The van der Waals surface area contributed by atoms with Gasteiger partial charge in [0.2, 0.25) is 5.91 Å². The molecule has 1 saturated heterocycles. The molecular weight excluding hydrogens is 360 g/mol. The summed E-state index contributed by atoms with van der Waals surface area (Å²) in [4.78, 5) is 30.8. The van der Waals surface area contributed by atoms with Crippen LogP contribution in [0.3, 0.4) is 0 Å². The molecule has 1 N–H and O–H groups in total. The Bertz CT molecular complexity index is 784. The number of methoxy groups -OCH3 is 2. The molecule has 0 unspecified atom stereocenters. The maximum absolute atomic E-state index is 12.5. The predicted molar refractivity (Wildman–Crippen MR) is 103 cm³/mol. The maximum Gasteiger partial charge on any atom is 0.251 e. The summed E-state index contributed by atoms with van der Waals surface area (Å²) in [5.41, 5.74) is 0.486. The molecule has 1 aromatic heterocycles. The van der Waals surface area contributed by atoms with Crippen LogP contribution in [0.2, 0.25) is 0 Å². The Morgan fingerprint density at radius 1 is 1.21 bits per heavy atom. The molecule has 0 radical (unpaired) electrons. The predicted octanol–water partition coefficient (Wildman–Crippen LogP) is 1.57. The van der Waals surface area contributed by atoms with Crippen molar-refractivity contribution in [3.63, 3.8) is 0 Å². The molecule has 0 spiro atoms. The molecule has 0 aliphatic carbocycles. The normalized spacial score (nSPS) is 16.5. The van der Waals surface area contributed by atoms with E-state index in [4.69, 9.17) is 9.47 Å². The van der Waals surface area contributed by atoms with Crippen LogP contribution in [0.1, 0.15) is 23.2 Å². The van der Waals surface area contributed by atoms with Crippen molar-refractivity contribution < 1.29 is 19.1 Å². The molecule has 1 aromatic carbocycles. The molecule has 28 heavy (non-hydrogen) atoms. The highest BCUT2D eigenvalue weighted by molar-refractivity contribution is 5.95. The van der Waals surface area contributed by atoms with E-state index in [9.17, 15) is 9.59 Å². The average Bonchev–Trinajstić information content (AvgIpc) is 3.24. The van der Waals surface area contributed by atoms with Gasteiger partial charge in [-0.2, -0.15) is 0 Å². The van der Waals surface area contributed by atoms with E-state index in [-0.39, 0.29) is 17.7 Å². The van der Waals surface area contributed by atoms with Crippen LogP contribution in [0.25, 0.3) is 0 Å². The van der Waals surface area contributed by atoms with Crippen molar-refractivity contribution in [1.29, 1.82) is 0 Å². The molecule has 8 nitrogen and oxygen atoms in total. The number of likely N-dealkylation sites (tertiary alicyclic amines) is 1. The number of benzene rings is 1. The molecule has 1 atom stereocenters. The summed E-state index contributed by atoms with van der Waals surface area (Å²) in [6, 6.07) is 5.08. The molecule has 2 aromatic rings. The average molecular weight is 386 g/mol. The summed E-state index contributed by atoms with van der Waals surface area (Å²) in [5.74, 6) is 1.26. The minimum Gasteiger partial charge on any atom is -0.497 e. The number of imidazole rings is 1. The second-order valence-corrected chi connectivity index (χ2v) is 6.89. The summed E-state index contributed by atoms with van der Waals surface area (Å²) < 4.78 is 12.2. The number of nitrogens with zero attached hydrogens (tertiary/aromatic N) is 3. The van der Waals surface area contributed by atoms with Gasteiger partial charge in [0.05, 0.1) is 20.5 Å². The van der Waals surface area contributed by atoms with Crippen LogP contribution in [-0.2, 0) is 11.3 Å². The Morgan fingerprint density at radius 3 is 2.61 bits per heavy atom. The van der Waals surface area contributed by atoms with Crippen LogP contribution < -0.4 is 14.8 Å². The number of carbonyl (C=O) groups excluding carboxylic acids is 2. The van der Waals surface area contributed by atoms with Crippen LogP contribution in [-0.4, -0.2) is 60.1 Å². The monoisotopic (exact) mass is 386 g/mol. The van der Waals surface area contributed by atoms with Gasteiger partial charge in [-0.1, -0.05) is 0 Å². The smallest absolute Gasteiger partial charge is 0.251 e. The van der Waals surface area contributed by atoms with Gasteiger partial charge in [-0.3, -0.25) is 9.59 Å². The second kappa shape index (κ2) is 9.25. The van der Waals surface area contributed by atoms with Crippen LogP contribution >= 0.6 is 0 Å². The number of rotatable bonds is 7. The van der Waals surface area contributed by atoms with Gasteiger partial charge in [-0.25, -0.2) is 4.98 Å². The fraction of sp³-hybridized carbons (Fsp3) is 0.450. The van der Waals surface area contributed by atoms with Gasteiger partial charge in [-0.15, -0.1) is 0 Å². The van der Waals surface area contributed by atoms with Crippen molar-refractivity contribution in [2.45, 2.75) is 19.4 Å². The van der Waals surface area contributed by atoms with E-state index in [1.165, 1.54) is 0 Å². The Hall–Kier alpha value is -3.03. The van der Waals surface area contributed by atoms with Gasteiger partial charge in [0.15, 0.2) is 0 Å². The first kappa shape index (κ1) is 19.7. The lowest BCUT2D eigenvalue weighted by Gasteiger charge is -2.33. The van der Waals surface area contributed by atoms with Crippen LogP contribution in [0.15, 0.2) is 36.9 Å². The number of carbonyl (C=O) groups is 2. The lowest BCUT2D eigenvalue weighted by molar-refractivity contribution is -0.133. The Balaban J connectivity index is 1.54. The van der Waals surface area contributed by atoms with E-state index in [0.29, 0.717) is 36.7 Å². The summed E-state index contributed by atoms with van der Waals surface area (Å²) in [6.45, 7) is 2.22. The zero-order valence-corrected chi connectivity index (χ0v) is 16.3. The summed E-state index contributed by atoms with van der Waals surface area (Å²) in [7, 11) is 3.10. The largest absolute Gasteiger partial charge is 0.497 e.